The Morgan fingerprint density at radius 3 is 2.80 bits per heavy atom. The highest BCUT2D eigenvalue weighted by molar-refractivity contribution is 6.26. The van der Waals surface area contributed by atoms with Crippen LogP contribution in [-0.2, 0) is 14.3 Å². The number of carbonyl (C=O) groups excluding carboxylic acids is 2. The van der Waals surface area contributed by atoms with Gasteiger partial charge in [0.25, 0.3) is 12.1 Å². The van der Waals surface area contributed by atoms with Crippen molar-refractivity contribution in [1.29, 1.82) is 0 Å². The first-order valence-electron chi connectivity index (χ1n) is 2.97. The van der Waals surface area contributed by atoms with E-state index in [-0.39, 0.29) is 12.9 Å². The lowest BCUT2D eigenvalue weighted by molar-refractivity contribution is -0.146. The molecule has 0 saturated carbocycles. The molecule has 0 spiro atoms. The van der Waals surface area contributed by atoms with Gasteiger partial charge in [-0.15, -0.1) is 0 Å². The lowest BCUT2D eigenvalue weighted by Gasteiger charge is -2.02. The molecule has 58 valence electrons. The molecule has 0 radical (unpaired) electrons. The molecule has 3 nitrogen and oxygen atoms in total. The third-order valence-corrected chi connectivity index (χ3v) is 0.808. The van der Waals surface area contributed by atoms with Gasteiger partial charge in [-0.25, -0.2) is 4.39 Å². The number of aldehydes is 1. The van der Waals surface area contributed by atoms with E-state index in [1.807, 2.05) is 0 Å². The maximum atomic E-state index is 12.2. The zero-order chi connectivity index (χ0) is 7.98. The zero-order valence-corrected chi connectivity index (χ0v) is 5.67. The topological polar surface area (TPSA) is 43.4 Å². The second-order valence-electron chi connectivity index (χ2n) is 1.71. The Morgan fingerprint density at radius 2 is 2.40 bits per heavy atom. The fourth-order valence-electron chi connectivity index (χ4n) is 0.357. The average molecular weight is 148 g/mol. The molecule has 0 rings (SSSR count). The van der Waals surface area contributed by atoms with Crippen molar-refractivity contribution in [2.45, 2.75) is 19.7 Å². The summed E-state index contributed by atoms with van der Waals surface area (Å²) in [5.74, 6) is -1.16. The van der Waals surface area contributed by atoms with Crippen molar-refractivity contribution < 1.29 is 18.7 Å². The molecular weight excluding hydrogens is 139 g/mol. The third-order valence-electron chi connectivity index (χ3n) is 0.808. The van der Waals surface area contributed by atoms with Gasteiger partial charge in [-0.05, 0) is 6.42 Å². The largest absolute Gasteiger partial charge is 0.342 e. The van der Waals surface area contributed by atoms with Gasteiger partial charge in [-0.2, -0.15) is 0 Å². The average Bonchev–Trinajstić information content (AvgIpc) is 1.98. The van der Waals surface area contributed by atoms with E-state index in [0.29, 0.717) is 6.42 Å². The molecule has 1 atom stereocenters. The lowest BCUT2D eigenvalue weighted by Crippen LogP contribution is -2.20. The van der Waals surface area contributed by atoms with Gasteiger partial charge in [0, 0.05) is 0 Å². The number of hydrogen-bond donors (Lipinski definition) is 0. The van der Waals surface area contributed by atoms with Crippen molar-refractivity contribution in [1.82, 2.24) is 0 Å². The summed E-state index contributed by atoms with van der Waals surface area (Å²) in [5.41, 5.74) is 0. The van der Waals surface area contributed by atoms with E-state index in [2.05, 4.69) is 4.74 Å². The van der Waals surface area contributed by atoms with E-state index < -0.39 is 12.1 Å². The zero-order valence-electron chi connectivity index (χ0n) is 5.67. The third kappa shape index (κ3) is 3.29. The fourth-order valence-corrected chi connectivity index (χ4v) is 0.357. The number of alkyl halides is 1. The Morgan fingerprint density at radius 1 is 1.80 bits per heavy atom. The quantitative estimate of drug-likeness (QED) is 0.420. The number of ether oxygens (including phenoxy) is 1. The second kappa shape index (κ2) is 5.05. The first kappa shape index (κ1) is 9.23. The van der Waals surface area contributed by atoms with Gasteiger partial charge in [0.1, 0.15) is 0 Å². The molecule has 0 heterocycles. The van der Waals surface area contributed by atoms with Crippen LogP contribution in [0.5, 0.6) is 0 Å². The number of halogens is 1. The Balaban J connectivity index is 3.51. The summed E-state index contributed by atoms with van der Waals surface area (Å²) in [6.45, 7) is 1.93. The molecule has 0 aliphatic rings. The Bertz CT molecular complexity index is 124. The van der Waals surface area contributed by atoms with Gasteiger partial charge < -0.3 is 4.74 Å². The molecule has 0 aliphatic carbocycles. The number of rotatable bonds is 5. The van der Waals surface area contributed by atoms with Crippen LogP contribution >= 0.6 is 0 Å². The predicted octanol–water partition coefficient (Wildman–Crippen LogP) is 0.477. The van der Waals surface area contributed by atoms with Crippen molar-refractivity contribution in [3.05, 3.63) is 0 Å². The highest BCUT2D eigenvalue weighted by Gasteiger charge is 2.15. The van der Waals surface area contributed by atoms with Gasteiger partial charge in [0.2, 0.25) is 0 Å². The Kier molecular flexibility index (Phi) is 4.66. The molecule has 0 aromatic heterocycles. The highest BCUT2D eigenvalue weighted by atomic mass is 19.1. The standard InChI is InChI=1S/C6H9FO3/c1-2-3-10-6(7)5(9)4-8/h4,6H,2-3H2,1H3. The van der Waals surface area contributed by atoms with Crippen molar-refractivity contribution in [3.8, 4) is 0 Å². The molecule has 0 amide bonds. The minimum absolute atomic E-state index is 0.0830. The summed E-state index contributed by atoms with van der Waals surface area (Å²) in [7, 11) is 0. The molecule has 0 aliphatic heterocycles. The van der Waals surface area contributed by atoms with Gasteiger partial charge in [0.05, 0.1) is 6.61 Å². The molecule has 10 heavy (non-hydrogen) atoms. The second-order valence-corrected chi connectivity index (χ2v) is 1.71. The number of carbonyl (C=O) groups is 2. The SMILES string of the molecule is CCCOC(F)C(=O)C=O. The van der Waals surface area contributed by atoms with E-state index >= 15 is 0 Å². The molecule has 0 aromatic carbocycles. The normalized spacial score (nSPS) is 12.6. The van der Waals surface area contributed by atoms with E-state index in [4.69, 9.17) is 0 Å². The summed E-state index contributed by atoms with van der Waals surface area (Å²) in [6, 6.07) is 0. The van der Waals surface area contributed by atoms with E-state index in [9.17, 15) is 14.0 Å². The van der Waals surface area contributed by atoms with Gasteiger partial charge in [0.15, 0.2) is 6.29 Å². The molecule has 0 N–H and O–H groups in total. The summed E-state index contributed by atoms with van der Waals surface area (Å²) < 4.78 is 16.5. The Labute approximate surface area is 58.2 Å². The van der Waals surface area contributed by atoms with Crippen molar-refractivity contribution in [2.75, 3.05) is 6.61 Å². The van der Waals surface area contributed by atoms with Crippen molar-refractivity contribution in [3.63, 3.8) is 0 Å². The summed E-state index contributed by atoms with van der Waals surface area (Å²) >= 11 is 0. The minimum Gasteiger partial charge on any atom is -0.342 e. The van der Waals surface area contributed by atoms with Crippen LogP contribution in [0.4, 0.5) is 4.39 Å². The van der Waals surface area contributed by atoms with Crippen LogP contribution in [-0.4, -0.2) is 25.0 Å². The summed E-state index contributed by atoms with van der Waals surface area (Å²) in [5, 5.41) is 0. The van der Waals surface area contributed by atoms with E-state index in [1.54, 1.807) is 6.92 Å². The molecule has 4 heteroatoms. The van der Waals surface area contributed by atoms with Crippen LogP contribution in [0.25, 0.3) is 0 Å². The van der Waals surface area contributed by atoms with Crippen LogP contribution in [0.2, 0.25) is 0 Å². The van der Waals surface area contributed by atoms with Crippen LogP contribution < -0.4 is 0 Å². The fraction of sp³-hybridized carbons (Fsp3) is 0.667. The van der Waals surface area contributed by atoms with Crippen LogP contribution in [0.1, 0.15) is 13.3 Å². The smallest absolute Gasteiger partial charge is 0.265 e. The number of Topliss-reactive ketones (excluding diaryl/α,β-unsaturated/α-hetero) is 1. The first-order valence-corrected chi connectivity index (χ1v) is 2.97. The first-order chi connectivity index (χ1) is 4.72. The highest BCUT2D eigenvalue weighted by Crippen LogP contribution is 1.94. The summed E-state index contributed by atoms with van der Waals surface area (Å²) in [6.07, 6.45) is -1.54. The number of ketones is 1. The van der Waals surface area contributed by atoms with Crippen molar-refractivity contribution >= 4 is 12.1 Å². The van der Waals surface area contributed by atoms with Crippen LogP contribution in [0.15, 0.2) is 0 Å². The van der Waals surface area contributed by atoms with Gasteiger partial charge >= 0.3 is 0 Å². The van der Waals surface area contributed by atoms with Crippen LogP contribution in [0.3, 0.4) is 0 Å². The maximum absolute atomic E-state index is 12.2. The minimum atomic E-state index is -2.07. The van der Waals surface area contributed by atoms with E-state index in [1.165, 1.54) is 0 Å². The number of hydrogen-bond acceptors (Lipinski definition) is 3. The monoisotopic (exact) mass is 148 g/mol. The molecule has 0 aromatic rings. The molecule has 0 bridgehead atoms. The maximum Gasteiger partial charge on any atom is 0.265 e. The summed E-state index contributed by atoms with van der Waals surface area (Å²) in [4.78, 5) is 19.8. The van der Waals surface area contributed by atoms with Gasteiger partial charge in [-0.1, -0.05) is 6.92 Å². The van der Waals surface area contributed by atoms with Crippen molar-refractivity contribution in [2.24, 2.45) is 0 Å². The van der Waals surface area contributed by atoms with Crippen LogP contribution in [0, 0.1) is 0 Å². The van der Waals surface area contributed by atoms with E-state index in [0.717, 1.165) is 0 Å². The molecule has 1 unspecified atom stereocenters. The lowest BCUT2D eigenvalue weighted by atomic mass is 10.4. The molecular formula is C6H9FO3. The predicted molar refractivity (Wildman–Crippen MR) is 32.2 cm³/mol. The van der Waals surface area contributed by atoms with Gasteiger partial charge in [-0.3, -0.25) is 9.59 Å². The molecule has 0 saturated heterocycles. The Hall–Kier alpha value is -0.770. The molecule has 0 fully saturated rings.